The van der Waals surface area contributed by atoms with Gasteiger partial charge in [0.1, 0.15) is 11.5 Å². The standard InChI is InChI=1S/C30H24O/c1-2-9-21(10-3-1)11-8-16-26-29-24-14-6-4-12-22(24)17-19-27(29)31-28-20-18-23-13-5-7-15-25(23)30(26)28/h1-7,9-10,12-15,17-20,26H,8,11,16H2. The van der Waals surface area contributed by atoms with Crippen LogP contribution in [0.3, 0.4) is 0 Å². The van der Waals surface area contributed by atoms with E-state index in [2.05, 4.69) is 103 Å². The Balaban J connectivity index is 1.50. The molecule has 31 heavy (non-hydrogen) atoms. The van der Waals surface area contributed by atoms with Gasteiger partial charge in [0.15, 0.2) is 0 Å². The number of aryl methyl sites for hydroxylation is 1. The molecule has 1 aliphatic rings. The number of hydrogen-bond acceptors (Lipinski definition) is 1. The Labute approximate surface area is 182 Å². The molecule has 5 aromatic carbocycles. The zero-order valence-electron chi connectivity index (χ0n) is 17.4. The molecule has 0 fully saturated rings. The van der Waals surface area contributed by atoms with Crippen LogP contribution in [0.2, 0.25) is 0 Å². The maximum absolute atomic E-state index is 6.49. The molecule has 0 aliphatic carbocycles. The lowest BCUT2D eigenvalue weighted by atomic mass is 9.79. The Kier molecular flexibility index (Phi) is 4.46. The second kappa shape index (κ2) is 7.59. The van der Waals surface area contributed by atoms with Crippen molar-refractivity contribution in [1.29, 1.82) is 0 Å². The van der Waals surface area contributed by atoms with Crippen LogP contribution in [0.25, 0.3) is 21.5 Å². The van der Waals surface area contributed by atoms with Gasteiger partial charge >= 0.3 is 0 Å². The lowest BCUT2D eigenvalue weighted by molar-refractivity contribution is 0.442. The molecule has 0 atom stereocenters. The molecule has 1 heterocycles. The van der Waals surface area contributed by atoms with E-state index < -0.39 is 0 Å². The minimum atomic E-state index is 0.319. The normalized spacial score (nSPS) is 13.0. The Morgan fingerprint density at radius 3 is 1.71 bits per heavy atom. The number of rotatable bonds is 4. The summed E-state index contributed by atoms with van der Waals surface area (Å²) >= 11 is 0. The summed E-state index contributed by atoms with van der Waals surface area (Å²) in [6.45, 7) is 0. The molecule has 0 unspecified atom stereocenters. The Bertz CT molecular complexity index is 1300. The summed E-state index contributed by atoms with van der Waals surface area (Å²) in [5.74, 6) is 2.33. The zero-order valence-corrected chi connectivity index (χ0v) is 17.4. The predicted octanol–water partition coefficient (Wildman–Crippen LogP) is 8.25. The molecule has 0 aromatic heterocycles. The van der Waals surface area contributed by atoms with Crippen molar-refractivity contribution in [3.63, 3.8) is 0 Å². The Morgan fingerprint density at radius 1 is 0.548 bits per heavy atom. The van der Waals surface area contributed by atoms with E-state index >= 15 is 0 Å². The molecule has 0 saturated carbocycles. The molecule has 1 aliphatic heterocycles. The minimum absolute atomic E-state index is 0.319. The van der Waals surface area contributed by atoms with E-state index in [-0.39, 0.29) is 0 Å². The molecular weight excluding hydrogens is 376 g/mol. The lowest BCUT2D eigenvalue weighted by Crippen LogP contribution is -2.12. The maximum Gasteiger partial charge on any atom is 0.131 e. The fraction of sp³-hybridized carbons (Fsp3) is 0.133. The molecule has 0 radical (unpaired) electrons. The third kappa shape index (κ3) is 3.18. The van der Waals surface area contributed by atoms with Gasteiger partial charge in [0.05, 0.1) is 0 Å². The summed E-state index contributed by atoms with van der Waals surface area (Å²) in [7, 11) is 0. The van der Waals surface area contributed by atoms with Crippen molar-refractivity contribution < 1.29 is 4.74 Å². The maximum atomic E-state index is 6.49. The molecule has 1 nitrogen and oxygen atoms in total. The van der Waals surface area contributed by atoms with Gasteiger partial charge in [-0.15, -0.1) is 0 Å². The van der Waals surface area contributed by atoms with Gasteiger partial charge in [0.2, 0.25) is 0 Å². The van der Waals surface area contributed by atoms with Gasteiger partial charge in [-0.05, 0) is 58.5 Å². The van der Waals surface area contributed by atoms with Crippen molar-refractivity contribution in [2.24, 2.45) is 0 Å². The van der Waals surface area contributed by atoms with Crippen LogP contribution in [-0.4, -0.2) is 0 Å². The highest BCUT2D eigenvalue weighted by molar-refractivity contribution is 5.94. The SMILES string of the molecule is c1ccc(CCCC2c3c(ccc4ccccc34)Oc3ccc4ccccc4c32)cc1. The molecule has 0 saturated heterocycles. The Hall–Kier alpha value is -3.58. The smallest absolute Gasteiger partial charge is 0.131 e. The van der Waals surface area contributed by atoms with Crippen molar-refractivity contribution in [1.82, 2.24) is 0 Å². The van der Waals surface area contributed by atoms with Crippen LogP contribution in [0.4, 0.5) is 0 Å². The van der Waals surface area contributed by atoms with Gasteiger partial charge in [-0.1, -0.05) is 91.0 Å². The first-order valence-corrected chi connectivity index (χ1v) is 11.1. The molecule has 1 heteroatoms. The van der Waals surface area contributed by atoms with E-state index in [4.69, 9.17) is 4.74 Å². The van der Waals surface area contributed by atoms with Gasteiger partial charge in [-0.2, -0.15) is 0 Å². The summed E-state index contributed by atoms with van der Waals surface area (Å²) in [5, 5.41) is 5.18. The summed E-state index contributed by atoms with van der Waals surface area (Å²) in [5.41, 5.74) is 4.09. The van der Waals surface area contributed by atoms with Gasteiger partial charge in [-0.3, -0.25) is 0 Å². The van der Waals surface area contributed by atoms with Gasteiger partial charge in [0, 0.05) is 17.0 Å². The van der Waals surface area contributed by atoms with Crippen LogP contribution in [0, 0.1) is 0 Å². The highest BCUT2D eigenvalue weighted by atomic mass is 16.5. The third-order valence-electron chi connectivity index (χ3n) is 6.58. The summed E-state index contributed by atoms with van der Waals surface area (Å²) in [6.07, 6.45) is 3.33. The van der Waals surface area contributed by atoms with E-state index in [9.17, 15) is 0 Å². The van der Waals surface area contributed by atoms with Crippen molar-refractivity contribution in [2.75, 3.05) is 0 Å². The molecule has 0 bridgehead atoms. The zero-order chi connectivity index (χ0) is 20.6. The van der Waals surface area contributed by atoms with E-state index in [1.807, 2.05) is 0 Å². The number of benzene rings is 5. The second-order valence-corrected chi connectivity index (χ2v) is 8.43. The van der Waals surface area contributed by atoms with Crippen LogP contribution in [0.5, 0.6) is 11.5 Å². The third-order valence-corrected chi connectivity index (χ3v) is 6.58. The van der Waals surface area contributed by atoms with Crippen LogP contribution in [-0.2, 0) is 6.42 Å². The minimum Gasteiger partial charge on any atom is -0.457 e. The molecule has 150 valence electrons. The van der Waals surface area contributed by atoms with Crippen molar-refractivity contribution in [3.8, 4) is 11.5 Å². The van der Waals surface area contributed by atoms with Gasteiger partial charge in [0.25, 0.3) is 0 Å². The van der Waals surface area contributed by atoms with E-state index in [0.29, 0.717) is 5.92 Å². The molecule has 0 spiro atoms. The van der Waals surface area contributed by atoms with Crippen LogP contribution < -0.4 is 4.74 Å². The van der Waals surface area contributed by atoms with Crippen molar-refractivity contribution >= 4 is 21.5 Å². The second-order valence-electron chi connectivity index (χ2n) is 8.43. The molecular formula is C30H24O. The first-order valence-electron chi connectivity index (χ1n) is 11.1. The van der Waals surface area contributed by atoms with E-state index in [1.165, 1.54) is 38.2 Å². The average Bonchev–Trinajstić information content (AvgIpc) is 2.84. The largest absolute Gasteiger partial charge is 0.457 e. The fourth-order valence-electron chi connectivity index (χ4n) is 5.15. The lowest BCUT2D eigenvalue weighted by Gasteiger charge is -2.31. The van der Waals surface area contributed by atoms with Crippen molar-refractivity contribution in [2.45, 2.75) is 25.2 Å². The first-order chi connectivity index (χ1) is 15.4. The summed E-state index contributed by atoms with van der Waals surface area (Å²) < 4.78 is 6.49. The highest BCUT2D eigenvalue weighted by Gasteiger charge is 2.30. The summed E-state index contributed by atoms with van der Waals surface area (Å²) in [4.78, 5) is 0. The van der Waals surface area contributed by atoms with Crippen LogP contribution in [0.1, 0.15) is 35.4 Å². The highest BCUT2D eigenvalue weighted by Crippen LogP contribution is 2.51. The van der Waals surface area contributed by atoms with E-state index in [0.717, 1.165) is 30.8 Å². The monoisotopic (exact) mass is 400 g/mol. The topological polar surface area (TPSA) is 9.23 Å². The van der Waals surface area contributed by atoms with Gasteiger partial charge in [-0.25, -0.2) is 0 Å². The Morgan fingerprint density at radius 2 is 1.10 bits per heavy atom. The quantitative estimate of drug-likeness (QED) is 0.295. The van der Waals surface area contributed by atoms with Crippen LogP contribution >= 0.6 is 0 Å². The number of fused-ring (bicyclic) bond motifs is 6. The number of ether oxygens (including phenoxy) is 1. The van der Waals surface area contributed by atoms with Crippen molar-refractivity contribution in [3.05, 3.63) is 120 Å². The van der Waals surface area contributed by atoms with Gasteiger partial charge < -0.3 is 4.74 Å². The molecule has 6 rings (SSSR count). The molecule has 0 amide bonds. The fourth-order valence-corrected chi connectivity index (χ4v) is 5.15. The van der Waals surface area contributed by atoms with Crippen LogP contribution in [0.15, 0.2) is 103 Å². The first kappa shape index (κ1) is 18.2. The van der Waals surface area contributed by atoms with E-state index in [1.54, 1.807) is 0 Å². The molecule has 5 aromatic rings. The molecule has 0 N–H and O–H groups in total. The number of hydrogen-bond donors (Lipinski definition) is 0. The average molecular weight is 401 g/mol. The predicted molar refractivity (Wildman–Crippen MR) is 129 cm³/mol. The summed E-state index contributed by atoms with van der Waals surface area (Å²) in [6, 6.07) is 36.9.